The zero-order valence-electron chi connectivity index (χ0n) is 13.1. The number of carbonyl (C=O) groups excluding carboxylic acids is 1. The van der Waals surface area contributed by atoms with Crippen molar-refractivity contribution in [3.05, 3.63) is 0 Å². The number of carbonyl (C=O) groups is 1. The van der Waals surface area contributed by atoms with E-state index in [1.165, 1.54) is 22.7 Å². The second-order valence-electron chi connectivity index (χ2n) is 6.03. The van der Waals surface area contributed by atoms with Gasteiger partial charge in [0.05, 0.1) is 5.92 Å². The van der Waals surface area contributed by atoms with Gasteiger partial charge in [-0.1, -0.05) is 13.8 Å². The molecule has 0 aromatic heterocycles. The molecule has 1 fully saturated rings. The first kappa shape index (κ1) is 17.4. The highest BCUT2D eigenvalue weighted by Gasteiger charge is 2.33. The van der Waals surface area contributed by atoms with Crippen molar-refractivity contribution in [3.63, 3.8) is 0 Å². The maximum Gasteiger partial charge on any atom is 0.281 e. The van der Waals surface area contributed by atoms with Crippen LogP contribution in [0.15, 0.2) is 0 Å². The molecule has 20 heavy (non-hydrogen) atoms. The molecule has 0 bridgehead atoms. The van der Waals surface area contributed by atoms with E-state index in [0.717, 1.165) is 12.8 Å². The van der Waals surface area contributed by atoms with Crippen LogP contribution in [0.3, 0.4) is 0 Å². The fourth-order valence-electron chi connectivity index (χ4n) is 2.11. The van der Waals surface area contributed by atoms with E-state index in [1.54, 1.807) is 0 Å². The maximum absolute atomic E-state index is 12.2. The third-order valence-electron chi connectivity index (χ3n) is 3.91. The second kappa shape index (κ2) is 6.87. The van der Waals surface area contributed by atoms with E-state index in [4.69, 9.17) is 0 Å². The van der Waals surface area contributed by atoms with Crippen molar-refractivity contribution < 1.29 is 13.2 Å². The monoisotopic (exact) mass is 305 g/mol. The van der Waals surface area contributed by atoms with Gasteiger partial charge in [-0.15, -0.1) is 0 Å². The summed E-state index contributed by atoms with van der Waals surface area (Å²) in [6, 6.07) is 0.100. The van der Waals surface area contributed by atoms with Gasteiger partial charge in [-0.25, -0.2) is 0 Å². The molecule has 1 aliphatic rings. The molecule has 0 unspecified atom stereocenters. The van der Waals surface area contributed by atoms with Gasteiger partial charge in [0.25, 0.3) is 10.2 Å². The van der Waals surface area contributed by atoms with Crippen LogP contribution in [0.2, 0.25) is 0 Å². The molecule has 0 aromatic rings. The van der Waals surface area contributed by atoms with Crippen LogP contribution in [0.1, 0.15) is 33.6 Å². The molecule has 1 heterocycles. The lowest BCUT2D eigenvalue weighted by Gasteiger charge is -2.33. The van der Waals surface area contributed by atoms with Crippen molar-refractivity contribution in [1.29, 1.82) is 0 Å². The summed E-state index contributed by atoms with van der Waals surface area (Å²) >= 11 is 0. The predicted molar refractivity (Wildman–Crippen MR) is 79.3 cm³/mol. The van der Waals surface area contributed by atoms with Crippen molar-refractivity contribution in [2.45, 2.75) is 39.7 Å². The second-order valence-corrected chi connectivity index (χ2v) is 8.17. The number of nitrogens with one attached hydrogen (secondary N) is 1. The summed E-state index contributed by atoms with van der Waals surface area (Å²) in [6.45, 7) is 6.84. The third-order valence-corrected chi connectivity index (χ3v) is 5.82. The van der Waals surface area contributed by atoms with Crippen molar-refractivity contribution in [3.8, 4) is 0 Å². The largest absolute Gasteiger partial charge is 0.353 e. The number of rotatable bonds is 5. The summed E-state index contributed by atoms with van der Waals surface area (Å²) in [7, 11) is -0.397. The van der Waals surface area contributed by atoms with Crippen LogP contribution in [0.25, 0.3) is 0 Å². The van der Waals surface area contributed by atoms with E-state index in [9.17, 15) is 13.2 Å². The molecule has 1 saturated heterocycles. The Bertz CT molecular complexity index is 434. The lowest BCUT2D eigenvalue weighted by molar-refractivity contribution is -0.127. The Kier molecular flexibility index (Phi) is 5.97. The van der Waals surface area contributed by atoms with E-state index in [1.807, 2.05) is 6.92 Å². The molecular weight excluding hydrogens is 278 g/mol. The minimum atomic E-state index is -3.42. The highest BCUT2D eigenvalue weighted by atomic mass is 32.2. The van der Waals surface area contributed by atoms with Gasteiger partial charge in [-0.3, -0.25) is 4.79 Å². The van der Waals surface area contributed by atoms with Crippen molar-refractivity contribution in [2.75, 3.05) is 27.2 Å². The van der Waals surface area contributed by atoms with Crippen LogP contribution in [-0.2, 0) is 15.0 Å². The summed E-state index contributed by atoms with van der Waals surface area (Å²) in [5, 5.41) is 2.98. The van der Waals surface area contributed by atoms with Crippen molar-refractivity contribution in [2.24, 2.45) is 11.8 Å². The van der Waals surface area contributed by atoms with E-state index in [2.05, 4.69) is 19.2 Å². The summed E-state index contributed by atoms with van der Waals surface area (Å²) < 4.78 is 26.8. The Hall–Kier alpha value is -0.660. The topological polar surface area (TPSA) is 69.7 Å². The molecule has 0 aliphatic carbocycles. The summed E-state index contributed by atoms with van der Waals surface area (Å²) in [6.07, 6.45) is 1.47. The van der Waals surface area contributed by atoms with Gasteiger partial charge >= 0.3 is 0 Å². The Balaban J connectivity index is 2.68. The van der Waals surface area contributed by atoms with Crippen LogP contribution in [0, 0.1) is 11.8 Å². The standard InChI is InChI=1S/C13H27N3O3S/c1-10(2)11(3)14-13(17)12-7-6-8-16(9-12)20(18,19)15(4)5/h10-12H,6-9H2,1-5H3,(H,14,17)/t11-,12+/m0/s1. The fraction of sp³-hybridized carbons (Fsp3) is 0.923. The summed E-state index contributed by atoms with van der Waals surface area (Å²) in [5.41, 5.74) is 0. The van der Waals surface area contributed by atoms with Crippen LogP contribution >= 0.6 is 0 Å². The molecule has 1 aliphatic heterocycles. The molecule has 1 amide bonds. The first-order valence-electron chi connectivity index (χ1n) is 7.14. The number of hydrogen-bond donors (Lipinski definition) is 1. The molecule has 1 N–H and O–H groups in total. The number of nitrogens with zero attached hydrogens (tertiary/aromatic N) is 2. The summed E-state index contributed by atoms with van der Waals surface area (Å²) in [4.78, 5) is 12.2. The Morgan fingerprint density at radius 3 is 2.40 bits per heavy atom. The Morgan fingerprint density at radius 2 is 1.90 bits per heavy atom. The molecule has 2 atom stereocenters. The first-order valence-corrected chi connectivity index (χ1v) is 8.54. The molecule has 0 aromatic carbocycles. The minimum absolute atomic E-state index is 0.0372. The maximum atomic E-state index is 12.2. The highest BCUT2D eigenvalue weighted by Crippen LogP contribution is 2.20. The summed E-state index contributed by atoms with van der Waals surface area (Å²) in [5.74, 6) is 0.0775. The minimum Gasteiger partial charge on any atom is -0.353 e. The van der Waals surface area contributed by atoms with Crippen LogP contribution < -0.4 is 5.32 Å². The van der Waals surface area contributed by atoms with Gasteiger partial charge in [0, 0.05) is 33.2 Å². The van der Waals surface area contributed by atoms with Gasteiger partial charge in [0.2, 0.25) is 5.91 Å². The first-order chi connectivity index (χ1) is 9.16. The van der Waals surface area contributed by atoms with Gasteiger partial charge < -0.3 is 5.32 Å². The number of hydrogen-bond acceptors (Lipinski definition) is 3. The zero-order chi connectivity index (χ0) is 15.5. The van der Waals surface area contributed by atoms with E-state index in [0.29, 0.717) is 12.5 Å². The van der Waals surface area contributed by atoms with E-state index < -0.39 is 10.2 Å². The lowest BCUT2D eigenvalue weighted by atomic mass is 9.97. The highest BCUT2D eigenvalue weighted by molar-refractivity contribution is 7.86. The molecule has 1 rings (SSSR count). The SMILES string of the molecule is CC(C)[C@H](C)NC(=O)[C@@H]1CCCN(S(=O)(=O)N(C)C)C1. The van der Waals surface area contributed by atoms with Gasteiger partial charge in [0.15, 0.2) is 0 Å². The van der Waals surface area contributed by atoms with Gasteiger partial charge in [0.1, 0.15) is 0 Å². The Labute approximate surface area is 122 Å². The average molecular weight is 305 g/mol. The molecule has 118 valence electrons. The number of piperidine rings is 1. The van der Waals surface area contributed by atoms with Crippen LogP contribution in [-0.4, -0.2) is 56.2 Å². The molecule has 0 spiro atoms. The molecular formula is C13H27N3O3S. The predicted octanol–water partition coefficient (Wildman–Crippen LogP) is 0.666. The molecule has 6 nitrogen and oxygen atoms in total. The average Bonchev–Trinajstić information content (AvgIpc) is 2.38. The van der Waals surface area contributed by atoms with Crippen molar-refractivity contribution in [1.82, 2.24) is 13.9 Å². The zero-order valence-corrected chi connectivity index (χ0v) is 13.9. The lowest BCUT2D eigenvalue weighted by Crippen LogP contribution is -2.50. The molecule has 0 radical (unpaired) electrons. The quantitative estimate of drug-likeness (QED) is 0.811. The van der Waals surface area contributed by atoms with E-state index >= 15 is 0 Å². The third kappa shape index (κ3) is 4.17. The number of amides is 1. The van der Waals surface area contributed by atoms with Crippen LogP contribution in [0.5, 0.6) is 0 Å². The normalized spacial score (nSPS) is 23.1. The van der Waals surface area contributed by atoms with E-state index in [-0.39, 0.29) is 24.4 Å². The fourth-order valence-corrected chi connectivity index (χ4v) is 3.30. The van der Waals surface area contributed by atoms with Gasteiger partial charge in [-0.05, 0) is 25.7 Å². The molecule has 7 heteroatoms. The van der Waals surface area contributed by atoms with Crippen LogP contribution in [0.4, 0.5) is 0 Å². The smallest absolute Gasteiger partial charge is 0.281 e. The van der Waals surface area contributed by atoms with Gasteiger partial charge in [-0.2, -0.15) is 17.0 Å². The molecule has 0 saturated carbocycles. The van der Waals surface area contributed by atoms with Crippen molar-refractivity contribution >= 4 is 16.1 Å². The Morgan fingerprint density at radius 1 is 1.30 bits per heavy atom.